The summed E-state index contributed by atoms with van der Waals surface area (Å²) in [5, 5.41) is 4.50. The number of azide groups is 1. The van der Waals surface area contributed by atoms with Crippen molar-refractivity contribution in [2.45, 2.75) is 6.04 Å². The molecule has 0 aliphatic carbocycles. The lowest BCUT2D eigenvalue weighted by Gasteiger charge is -2.11. The minimum Gasteiger partial charge on any atom is -0.0843 e. The van der Waals surface area contributed by atoms with Crippen LogP contribution >= 0.6 is 11.6 Å². The predicted octanol–water partition coefficient (Wildman–Crippen LogP) is 4.74. The monoisotopic (exact) mass is 243 g/mol. The maximum absolute atomic E-state index is 8.65. The summed E-state index contributed by atoms with van der Waals surface area (Å²) < 4.78 is 0. The van der Waals surface area contributed by atoms with Gasteiger partial charge in [-0.2, -0.15) is 0 Å². The zero-order valence-electron chi connectivity index (χ0n) is 8.99. The van der Waals surface area contributed by atoms with Crippen LogP contribution in [0.4, 0.5) is 0 Å². The molecule has 1 atom stereocenters. The van der Waals surface area contributed by atoms with Crippen molar-refractivity contribution in [2.24, 2.45) is 5.11 Å². The van der Waals surface area contributed by atoms with Crippen LogP contribution in [0.2, 0.25) is 5.02 Å². The Morgan fingerprint density at radius 2 is 1.53 bits per heavy atom. The highest BCUT2D eigenvalue weighted by molar-refractivity contribution is 6.30. The fourth-order valence-electron chi connectivity index (χ4n) is 1.66. The van der Waals surface area contributed by atoms with Gasteiger partial charge in [-0.1, -0.05) is 59.2 Å². The maximum atomic E-state index is 8.65. The summed E-state index contributed by atoms with van der Waals surface area (Å²) >= 11 is 5.84. The van der Waals surface area contributed by atoms with Crippen LogP contribution in [0.25, 0.3) is 10.4 Å². The van der Waals surface area contributed by atoms with E-state index in [1.807, 2.05) is 42.5 Å². The van der Waals surface area contributed by atoms with Crippen LogP contribution in [-0.2, 0) is 0 Å². The second kappa shape index (κ2) is 5.39. The Bertz CT molecular complexity index is 530. The molecule has 2 aromatic carbocycles. The molecule has 0 bridgehead atoms. The molecule has 1 unspecified atom stereocenters. The summed E-state index contributed by atoms with van der Waals surface area (Å²) in [7, 11) is 0. The normalized spacial score (nSPS) is 11.6. The van der Waals surface area contributed by atoms with E-state index in [1.165, 1.54) is 0 Å². The summed E-state index contributed by atoms with van der Waals surface area (Å²) in [4.78, 5) is 2.90. The molecule has 0 fully saturated rings. The molecule has 3 nitrogen and oxygen atoms in total. The van der Waals surface area contributed by atoms with Crippen LogP contribution in [0.5, 0.6) is 0 Å². The maximum Gasteiger partial charge on any atom is 0.0876 e. The highest BCUT2D eigenvalue weighted by Gasteiger charge is 2.11. The average Bonchev–Trinajstić information content (AvgIpc) is 2.38. The number of halogens is 1. The fraction of sp³-hybridized carbons (Fsp3) is 0.0769. The van der Waals surface area contributed by atoms with Gasteiger partial charge in [0.25, 0.3) is 0 Å². The first kappa shape index (κ1) is 11.5. The molecule has 0 N–H and O–H groups in total. The Balaban J connectivity index is 2.42. The van der Waals surface area contributed by atoms with E-state index >= 15 is 0 Å². The van der Waals surface area contributed by atoms with E-state index < -0.39 is 0 Å². The second-order valence-corrected chi connectivity index (χ2v) is 4.01. The van der Waals surface area contributed by atoms with Crippen molar-refractivity contribution in [3.63, 3.8) is 0 Å². The third-order valence-corrected chi connectivity index (χ3v) is 2.72. The summed E-state index contributed by atoms with van der Waals surface area (Å²) in [6.45, 7) is 0. The summed E-state index contributed by atoms with van der Waals surface area (Å²) in [6.07, 6.45) is 0. The molecule has 4 heteroatoms. The van der Waals surface area contributed by atoms with E-state index in [0.717, 1.165) is 11.1 Å². The molecule has 0 saturated heterocycles. The highest BCUT2D eigenvalue weighted by atomic mass is 35.5. The first-order valence-corrected chi connectivity index (χ1v) is 5.53. The number of benzene rings is 2. The Kier molecular flexibility index (Phi) is 3.66. The molecule has 2 rings (SSSR count). The van der Waals surface area contributed by atoms with Gasteiger partial charge >= 0.3 is 0 Å². The molecule has 0 radical (unpaired) electrons. The van der Waals surface area contributed by atoms with Crippen LogP contribution in [-0.4, -0.2) is 0 Å². The van der Waals surface area contributed by atoms with Gasteiger partial charge in [-0.05, 0) is 28.8 Å². The van der Waals surface area contributed by atoms with Crippen molar-refractivity contribution in [2.75, 3.05) is 0 Å². The van der Waals surface area contributed by atoms with Crippen molar-refractivity contribution in [1.29, 1.82) is 0 Å². The minimum atomic E-state index is -0.307. The number of hydrogen-bond donors (Lipinski definition) is 0. The van der Waals surface area contributed by atoms with Gasteiger partial charge in [-0.3, -0.25) is 0 Å². The molecule has 0 amide bonds. The minimum absolute atomic E-state index is 0.307. The zero-order chi connectivity index (χ0) is 12.1. The average molecular weight is 244 g/mol. The predicted molar refractivity (Wildman–Crippen MR) is 68.9 cm³/mol. The lowest BCUT2D eigenvalue weighted by molar-refractivity contribution is 0.859. The van der Waals surface area contributed by atoms with Crippen LogP contribution < -0.4 is 0 Å². The number of nitrogens with zero attached hydrogens (tertiary/aromatic N) is 3. The van der Waals surface area contributed by atoms with Crippen LogP contribution in [0.1, 0.15) is 17.2 Å². The number of hydrogen-bond acceptors (Lipinski definition) is 1. The molecule has 2 aromatic rings. The van der Waals surface area contributed by atoms with Gasteiger partial charge < -0.3 is 0 Å². The van der Waals surface area contributed by atoms with Crippen molar-refractivity contribution >= 4 is 11.6 Å². The second-order valence-electron chi connectivity index (χ2n) is 3.57. The van der Waals surface area contributed by atoms with E-state index in [1.54, 1.807) is 12.1 Å². The molecule has 0 aliphatic heterocycles. The van der Waals surface area contributed by atoms with E-state index in [2.05, 4.69) is 10.0 Å². The van der Waals surface area contributed by atoms with Crippen LogP contribution in [0.15, 0.2) is 59.7 Å². The quantitative estimate of drug-likeness (QED) is 0.425. The van der Waals surface area contributed by atoms with Crippen LogP contribution in [0.3, 0.4) is 0 Å². The molecule has 0 aromatic heterocycles. The lowest BCUT2D eigenvalue weighted by atomic mass is 10.00. The Labute approximate surface area is 104 Å². The van der Waals surface area contributed by atoms with Crippen molar-refractivity contribution < 1.29 is 0 Å². The summed E-state index contributed by atoms with van der Waals surface area (Å²) in [5.41, 5.74) is 10.5. The third kappa shape index (κ3) is 2.78. The lowest BCUT2D eigenvalue weighted by Crippen LogP contribution is -1.96. The third-order valence-electron chi connectivity index (χ3n) is 2.47. The van der Waals surface area contributed by atoms with Gasteiger partial charge in [0.1, 0.15) is 0 Å². The first-order valence-electron chi connectivity index (χ1n) is 5.16. The van der Waals surface area contributed by atoms with E-state index in [4.69, 9.17) is 17.1 Å². The Morgan fingerprint density at radius 1 is 0.941 bits per heavy atom. The molecular weight excluding hydrogens is 234 g/mol. The van der Waals surface area contributed by atoms with Gasteiger partial charge in [0, 0.05) is 9.93 Å². The molecule has 0 heterocycles. The Morgan fingerprint density at radius 3 is 2.12 bits per heavy atom. The zero-order valence-corrected chi connectivity index (χ0v) is 9.75. The summed E-state index contributed by atoms with van der Waals surface area (Å²) in [6, 6.07) is 16.7. The number of rotatable bonds is 3. The SMILES string of the molecule is [N-]=[N+]=NC(c1ccccc1)c1ccc(Cl)cc1. The van der Waals surface area contributed by atoms with Crippen molar-refractivity contribution in [3.05, 3.63) is 81.2 Å². The van der Waals surface area contributed by atoms with Gasteiger partial charge in [0.05, 0.1) is 6.04 Å². The molecular formula is C13H10ClN3. The molecule has 17 heavy (non-hydrogen) atoms. The van der Waals surface area contributed by atoms with E-state index in [9.17, 15) is 0 Å². The summed E-state index contributed by atoms with van der Waals surface area (Å²) in [5.74, 6) is 0. The van der Waals surface area contributed by atoms with Gasteiger partial charge in [-0.15, -0.1) is 0 Å². The van der Waals surface area contributed by atoms with Crippen molar-refractivity contribution in [1.82, 2.24) is 0 Å². The van der Waals surface area contributed by atoms with Crippen molar-refractivity contribution in [3.8, 4) is 0 Å². The highest BCUT2D eigenvalue weighted by Crippen LogP contribution is 2.27. The largest absolute Gasteiger partial charge is 0.0876 e. The smallest absolute Gasteiger partial charge is 0.0843 e. The standard InChI is InChI=1S/C13H10ClN3/c14-12-8-6-11(7-9-12)13(16-17-15)10-4-2-1-3-5-10/h1-9,13H. The Hall–Kier alpha value is -1.96. The molecule has 84 valence electrons. The fourth-order valence-corrected chi connectivity index (χ4v) is 1.78. The van der Waals surface area contributed by atoms with Crippen LogP contribution in [0, 0.1) is 0 Å². The topological polar surface area (TPSA) is 48.8 Å². The molecule has 0 spiro atoms. The molecule has 0 aliphatic rings. The molecule has 0 saturated carbocycles. The van der Waals surface area contributed by atoms with Gasteiger partial charge in [0.2, 0.25) is 0 Å². The van der Waals surface area contributed by atoms with E-state index in [-0.39, 0.29) is 6.04 Å². The first-order chi connectivity index (χ1) is 8.31. The van der Waals surface area contributed by atoms with Gasteiger partial charge in [-0.25, -0.2) is 0 Å². The van der Waals surface area contributed by atoms with Gasteiger partial charge in [0.15, 0.2) is 0 Å². The van der Waals surface area contributed by atoms with E-state index in [0.29, 0.717) is 5.02 Å².